The van der Waals surface area contributed by atoms with Crippen LogP contribution in [0.25, 0.3) is 0 Å². The van der Waals surface area contributed by atoms with Gasteiger partial charge in [-0.15, -0.1) is 0 Å². The molecule has 0 atom stereocenters. The van der Waals surface area contributed by atoms with E-state index in [1.54, 1.807) is 12.1 Å². The molecule has 0 saturated heterocycles. The number of carboxylic acid groups (broad SMARTS) is 1. The maximum Gasteiger partial charge on any atom is 0.341 e. The number of rotatable bonds is 8. The van der Waals surface area contributed by atoms with Gasteiger partial charge in [-0.25, -0.2) is 4.79 Å². The van der Waals surface area contributed by atoms with Gasteiger partial charge < -0.3 is 19.5 Å². The van der Waals surface area contributed by atoms with Gasteiger partial charge in [0.1, 0.15) is 0 Å². The minimum Gasteiger partial charge on any atom is -0.490 e. The van der Waals surface area contributed by atoms with Gasteiger partial charge in [-0.1, -0.05) is 46.2 Å². The van der Waals surface area contributed by atoms with E-state index in [1.807, 2.05) is 6.92 Å². The normalized spacial score (nSPS) is 20.9. The number of benzene rings is 1. The summed E-state index contributed by atoms with van der Waals surface area (Å²) in [5, 5.41) is 9.29. The highest BCUT2D eigenvalue weighted by atomic mass is 35.5. The summed E-state index contributed by atoms with van der Waals surface area (Å²) < 4.78 is 11.3. The van der Waals surface area contributed by atoms with Crippen molar-refractivity contribution in [2.45, 2.75) is 79.6 Å². The van der Waals surface area contributed by atoms with Gasteiger partial charge in [0.05, 0.1) is 11.6 Å². The average molecular weight is 544 g/mol. The zero-order valence-corrected chi connectivity index (χ0v) is 24.0. The summed E-state index contributed by atoms with van der Waals surface area (Å²) in [5.74, 6) is -1.17. The first-order valence-corrected chi connectivity index (χ1v) is 13.8. The molecule has 206 valence electrons. The largest absolute Gasteiger partial charge is 0.490 e. The van der Waals surface area contributed by atoms with Crippen LogP contribution in [-0.2, 0) is 14.4 Å². The molecule has 1 heterocycles. The molecule has 1 N–H and O–H groups in total. The van der Waals surface area contributed by atoms with E-state index in [-0.39, 0.29) is 33.2 Å². The number of carboxylic acids is 1. The molecule has 38 heavy (non-hydrogen) atoms. The van der Waals surface area contributed by atoms with Crippen molar-refractivity contribution in [2.24, 2.45) is 10.8 Å². The van der Waals surface area contributed by atoms with E-state index in [9.17, 15) is 14.4 Å². The lowest BCUT2D eigenvalue weighted by molar-refractivity contribution is -0.139. The number of nitrogens with zero attached hydrogens (tertiary/aromatic N) is 1. The van der Waals surface area contributed by atoms with Crippen LogP contribution in [0.5, 0.6) is 11.5 Å². The highest BCUT2D eigenvalue weighted by Gasteiger charge is 2.49. The van der Waals surface area contributed by atoms with Gasteiger partial charge in [0.2, 0.25) is 0 Å². The summed E-state index contributed by atoms with van der Waals surface area (Å²) in [5.41, 5.74) is 3.64. The fraction of sp³-hybridized carbons (Fsp3) is 0.567. The lowest BCUT2D eigenvalue weighted by Crippen LogP contribution is -2.44. The Kier molecular flexibility index (Phi) is 7.72. The molecule has 0 unspecified atom stereocenters. The lowest BCUT2D eigenvalue weighted by atomic mass is 9.63. The number of hydrogen-bond acceptors (Lipinski definition) is 6. The molecule has 7 nitrogen and oxygen atoms in total. The number of ether oxygens (including phenoxy) is 2. The Morgan fingerprint density at radius 3 is 2.00 bits per heavy atom. The molecule has 0 aromatic heterocycles. The maximum absolute atomic E-state index is 13.9. The number of carbonyl (C=O) groups excluding carboxylic acids is 2. The Balaban J connectivity index is 1.98. The quantitative estimate of drug-likeness (QED) is 0.411. The molecule has 0 bridgehead atoms. The van der Waals surface area contributed by atoms with Crippen molar-refractivity contribution in [3.8, 4) is 11.5 Å². The zero-order valence-electron chi connectivity index (χ0n) is 23.2. The number of allylic oxidation sites excluding steroid dienone is 4. The van der Waals surface area contributed by atoms with Crippen LogP contribution in [-0.4, -0.2) is 47.3 Å². The first kappa shape index (κ1) is 28.2. The molecule has 0 radical (unpaired) electrons. The number of halogens is 1. The average Bonchev–Trinajstić information content (AvgIpc) is 2.77. The number of Topliss-reactive ketones (excluding diaryl/α,β-unsaturated/α-hetero) is 2. The van der Waals surface area contributed by atoms with Gasteiger partial charge in [0.15, 0.2) is 29.7 Å². The van der Waals surface area contributed by atoms with Crippen molar-refractivity contribution in [1.82, 2.24) is 4.90 Å². The minimum atomic E-state index is -1.13. The van der Waals surface area contributed by atoms with Crippen molar-refractivity contribution >= 4 is 29.1 Å². The van der Waals surface area contributed by atoms with Crippen molar-refractivity contribution in [3.05, 3.63) is 45.3 Å². The van der Waals surface area contributed by atoms with Crippen LogP contribution >= 0.6 is 11.6 Å². The van der Waals surface area contributed by atoms with Gasteiger partial charge in [0.25, 0.3) is 0 Å². The van der Waals surface area contributed by atoms with Gasteiger partial charge in [0, 0.05) is 47.8 Å². The minimum absolute atomic E-state index is 0.0480. The van der Waals surface area contributed by atoms with Crippen LogP contribution < -0.4 is 9.47 Å². The third-order valence-corrected chi connectivity index (χ3v) is 7.75. The van der Waals surface area contributed by atoms with E-state index in [1.165, 1.54) is 0 Å². The second-order valence-electron chi connectivity index (χ2n) is 12.1. The van der Waals surface area contributed by atoms with E-state index >= 15 is 0 Å². The summed E-state index contributed by atoms with van der Waals surface area (Å²) in [6.45, 7) is 12.9. The summed E-state index contributed by atoms with van der Waals surface area (Å²) in [4.78, 5) is 41.1. The van der Waals surface area contributed by atoms with E-state index < -0.39 is 18.5 Å². The first-order chi connectivity index (χ1) is 17.8. The highest BCUT2D eigenvalue weighted by molar-refractivity contribution is 6.32. The van der Waals surface area contributed by atoms with Crippen LogP contribution in [0.1, 0.15) is 85.1 Å². The Morgan fingerprint density at radius 2 is 1.53 bits per heavy atom. The van der Waals surface area contributed by atoms with Gasteiger partial charge in [-0.2, -0.15) is 0 Å². The Bertz CT molecular complexity index is 1190. The molecule has 0 saturated carbocycles. The number of hydrogen-bond donors (Lipinski definition) is 1. The predicted octanol–water partition coefficient (Wildman–Crippen LogP) is 6.30. The fourth-order valence-corrected chi connectivity index (χ4v) is 6.44. The second kappa shape index (κ2) is 10.4. The molecule has 1 aromatic carbocycles. The van der Waals surface area contributed by atoms with Crippen LogP contribution in [0, 0.1) is 10.8 Å². The van der Waals surface area contributed by atoms with Gasteiger partial charge in [-0.3, -0.25) is 9.59 Å². The van der Waals surface area contributed by atoms with Crippen LogP contribution in [0.2, 0.25) is 5.02 Å². The molecular weight excluding hydrogens is 506 g/mol. The van der Waals surface area contributed by atoms with Gasteiger partial charge >= 0.3 is 5.97 Å². The lowest BCUT2D eigenvalue weighted by Gasteiger charge is -2.49. The molecule has 0 spiro atoms. The SMILES string of the molecule is CCCN1C2=C(C(=O)CC(C)(C)C2)C(c2cc(Cl)c(OCC(=O)O)c(OCC)c2)C2=C1CC(C)(C)CC2=O. The van der Waals surface area contributed by atoms with Crippen LogP contribution in [0.4, 0.5) is 0 Å². The Hall–Kier alpha value is -2.80. The van der Waals surface area contributed by atoms with E-state index in [2.05, 4.69) is 39.5 Å². The summed E-state index contributed by atoms with van der Waals surface area (Å²) >= 11 is 6.65. The van der Waals surface area contributed by atoms with Crippen LogP contribution in [0.15, 0.2) is 34.7 Å². The first-order valence-electron chi connectivity index (χ1n) is 13.4. The van der Waals surface area contributed by atoms with Gasteiger partial charge in [-0.05, 0) is 54.7 Å². The van der Waals surface area contributed by atoms with Crippen molar-refractivity contribution in [2.75, 3.05) is 19.8 Å². The Labute approximate surface area is 229 Å². The smallest absolute Gasteiger partial charge is 0.341 e. The standard InChI is InChI=1S/C30H38ClNO6/c1-7-9-32-19-12-29(3,4)14-21(33)26(19)25(27-20(32)13-30(5,6)15-22(27)34)17-10-18(31)28(38-16-24(35)36)23(11-17)37-8-2/h10-11,25H,7-9,12-16H2,1-6H3,(H,35,36). The second-order valence-corrected chi connectivity index (χ2v) is 12.5. The predicted molar refractivity (Wildman–Crippen MR) is 146 cm³/mol. The third kappa shape index (κ3) is 5.35. The molecule has 3 aliphatic rings. The molecule has 4 rings (SSSR count). The van der Waals surface area contributed by atoms with E-state index in [0.29, 0.717) is 41.9 Å². The molecule has 8 heteroatoms. The molecule has 2 aliphatic carbocycles. The number of aliphatic carboxylic acids is 1. The number of carbonyl (C=O) groups is 3. The summed E-state index contributed by atoms with van der Waals surface area (Å²) in [7, 11) is 0. The topological polar surface area (TPSA) is 93.1 Å². The van der Waals surface area contributed by atoms with Crippen molar-refractivity contribution in [3.63, 3.8) is 0 Å². The summed E-state index contributed by atoms with van der Waals surface area (Å²) in [6, 6.07) is 3.44. The highest BCUT2D eigenvalue weighted by Crippen LogP contribution is 2.55. The number of ketones is 2. The van der Waals surface area contributed by atoms with Crippen LogP contribution in [0.3, 0.4) is 0 Å². The summed E-state index contributed by atoms with van der Waals surface area (Å²) in [6.07, 6.45) is 3.16. The van der Waals surface area contributed by atoms with Crippen molar-refractivity contribution in [1.29, 1.82) is 0 Å². The Morgan fingerprint density at radius 1 is 0.974 bits per heavy atom. The molecule has 0 fully saturated rings. The monoisotopic (exact) mass is 543 g/mol. The zero-order chi connectivity index (χ0) is 28.0. The van der Waals surface area contributed by atoms with Crippen molar-refractivity contribution < 1.29 is 29.0 Å². The third-order valence-electron chi connectivity index (χ3n) is 7.47. The fourth-order valence-electron chi connectivity index (χ4n) is 6.17. The van der Waals surface area contributed by atoms with E-state index in [4.69, 9.17) is 26.2 Å². The molecule has 1 aromatic rings. The molecular formula is C30H38ClNO6. The molecule has 1 aliphatic heterocycles. The molecule has 0 amide bonds. The maximum atomic E-state index is 13.9. The van der Waals surface area contributed by atoms with E-state index in [0.717, 1.165) is 37.2 Å².